The Kier molecular flexibility index (Phi) is 4.79. The van der Waals surface area contributed by atoms with E-state index in [1.54, 1.807) is 6.92 Å². The minimum atomic E-state index is -3.43. The van der Waals surface area contributed by atoms with Crippen molar-refractivity contribution in [1.29, 1.82) is 0 Å². The van der Waals surface area contributed by atoms with Crippen LogP contribution in [-0.2, 0) is 9.84 Å². The van der Waals surface area contributed by atoms with Gasteiger partial charge in [-0.2, -0.15) is 0 Å². The fourth-order valence-electron chi connectivity index (χ4n) is 2.08. The van der Waals surface area contributed by atoms with Gasteiger partial charge >= 0.3 is 0 Å². The molecule has 0 aromatic heterocycles. The van der Waals surface area contributed by atoms with Crippen LogP contribution >= 0.6 is 0 Å². The van der Waals surface area contributed by atoms with Crippen LogP contribution in [0.1, 0.15) is 28.9 Å². The lowest BCUT2D eigenvalue weighted by molar-refractivity contribution is 0.0939. The molecule has 0 aliphatic heterocycles. The van der Waals surface area contributed by atoms with Crippen molar-refractivity contribution in [3.63, 3.8) is 0 Å². The van der Waals surface area contributed by atoms with Crippen LogP contribution in [0.15, 0.2) is 47.4 Å². The van der Waals surface area contributed by atoms with E-state index in [0.29, 0.717) is 0 Å². The average Bonchev–Trinajstić information content (AvgIpc) is 2.46. The highest BCUT2D eigenvalue weighted by atomic mass is 32.2. The van der Waals surface area contributed by atoms with Gasteiger partial charge in [0.25, 0.3) is 5.91 Å². The number of hydrogen-bond donors (Lipinski definition) is 1. The van der Waals surface area contributed by atoms with Crippen LogP contribution in [-0.4, -0.2) is 20.6 Å². The van der Waals surface area contributed by atoms with E-state index < -0.39 is 33.4 Å². The van der Waals surface area contributed by atoms with Gasteiger partial charge in [0, 0.05) is 23.4 Å². The topological polar surface area (TPSA) is 63.2 Å². The molecule has 0 aliphatic rings. The molecule has 122 valence electrons. The van der Waals surface area contributed by atoms with Gasteiger partial charge in [-0.05, 0) is 31.2 Å². The number of amides is 1. The summed E-state index contributed by atoms with van der Waals surface area (Å²) in [5, 5.41) is 2.56. The SMILES string of the molecule is CC(NC(=O)c1cccc(S(C)(=O)=O)c1)c1ccc(F)cc1F. The maximum atomic E-state index is 13.7. The molecule has 2 aromatic carbocycles. The highest BCUT2D eigenvalue weighted by Crippen LogP contribution is 2.19. The van der Waals surface area contributed by atoms with Crippen LogP contribution in [0.5, 0.6) is 0 Å². The van der Waals surface area contributed by atoms with Crippen LogP contribution in [0.2, 0.25) is 0 Å². The average molecular weight is 339 g/mol. The number of carbonyl (C=O) groups is 1. The quantitative estimate of drug-likeness (QED) is 0.932. The smallest absolute Gasteiger partial charge is 0.251 e. The first-order valence-corrected chi connectivity index (χ1v) is 8.63. The molecule has 2 aromatic rings. The Morgan fingerprint density at radius 1 is 1.13 bits per heavy atom. The highest BCUT2D eigenvalue weighted by molar-refractivity contribution is 7.90. The van der Waals surface area contributed by atoms with Crippen molar-refractivity contribution >= 4 is 15.7 Å². The Balaban J connectivity index is 2.22. The summed E-state index contributed by atoms with van der Waals surface area (Å²) in [6.45, 7) is 1.55. The first kappa shape index (κ1) is 17.1. The van der Waals surface area contributed by atoms with Gasteiger partial charge in [-0.3, -0.25) is 4.79 Å². The number of benzene rings is 2. The maximum Gasteiger partial charge on any atom is 0.251 e. The van der Waals surface area contributed by atoms with Crippen molar-refractivity contribution in [3.05, 3.63) is 65.2 Å². The summed E-state index contributed by atoms with van der Waals surface area (Å²) < 4.78 is 49.6. The van der Waals surface area contributed by atoms with E-state index in [4.69, 9.17) is 0 Å². The fourth-order valence-corrected chi connectivity index (χ4v) is 2.75. The van der Waals surface area contributed by atoms with E-state index in [1.165, 1.54) is 30.3 Å². The molecule has 1 unspecified atom stereocenters. The Hall–Kier alpha value is -2.28. The lowest BCUT2D eigenvalue weighted by Crippen LogP contribution is -2.27. The minimum Gasteiger partial charge on any atom is -0.345 e. The van der Waals surface area contributed by atoms with Crippen LogP contribution in [0.4, 0.5) is 8.78 Å². The molecule has 0 radical (unpaired) electrons. The normalized spacial score (nSPS) is 12.7. The van der Waals surface area contributed by atoms with Crippen LogP contribution in [0.3, 0.4) is 0 Å². The Labute approximate surface area is 133 Å². The molecule has 0 spiro atoms. The van der Waals surface area contributed by atoms with Crippen molar-refractivity contribution in [2.75, 3.05) is 6.26 Å². The third-order valence-electron chi connectivity index (χ3n) is 3.30. The number of hydrogen-bond acceptors (Lipinski definition) is 3. The van der Waals surface area contributed by atoms with Gasteiger partial charge in [0.1, 0.15) is 11.6 Å². The largest absolute Gasteiger partial charge is 0.345 e. The minimum absolute atomic E-state index is 0.0192. The summed E-state index contributed by atoms with van der Waals surface area (Å²) in [5.41, 5.74) is 0.279. The Morgan fingerprint density at radius 2 is 1.83 bits per heavy atom. The van der Waals surface area contributed by atoms with Crippen molar-refractivity contribution in [2.45, 2.75) is 17.9 Å². The summed E-state index contributed by atoms with van der Waals surface area (Å²) in [5.74, 6) is -2.01. The van der Waals surface area contributed by atoms with Gasteiger partial charge in [-0.1, -0.05) is 12.1 Å². The van der Waals surface area contributed by atoms with Crippen molar-refractivity contribution < 1.29 is 22.0 Å². The predicted octanol–water partition coefficient (Wildman–Crippen LogP) is 2.86. The van der Waals surface area contributed by atoms with E-state index in [0.717, 1.165) is 18.4 Å². The van der Waals surface area contributed by atoms with E-state index in [2.05, 4.69) is 5.32 Å². The molecule has 2 rings (SSSR count). The van der Waals surface area contributed by atoms with Crippen LogP contribution in [0.25, 0.3) is 0 Å². The predicted molar refractivity (Wildman–Crippen MR) is 81.8 cm³/mol. The Bertz CT molecular complexity index is 850. The standard InChI is InChI=1S/C16H15F2NO3S/c1-10(14-7-6-12(17)9-15(14)18)19-16(20)11-4-3-5-13(8-11)23(2,21)22/h3-10H,1-2H3,(H,19,20). The molecule has 0 bridgehead atoms. The fraction of sp³-hybridized carbons (Fsp3) is 0.188. The maximum absolute atomic E-state index is 13.7. The van der Waals surface area contributed by atoms with Gasteiger partial charge in [0.2, 0.25) is 0 Å². The zero-order chi connectivity index (χ0) is 17.2. The van der Waals surface area contributed by atoms with Gasteiger partial charge in [-0.25, -0.2) is 17.2 Å². The zero-order valence-corrected chi connectivity index (χ0v) is 13.3. The van der Waals surface area contributed by atoms with Crippen molar-refractivity contribution in [2.24, 2.45) is 0 Å². The molecule has 0 fully saturated rings. The number of halogens is 2. The molecule has 1 N–H and O–H groups in total. The second-order valence-corrected chi connectivity index (χ2v) is 7.18. The molecule has 7 heteroatoms. The lowest BCUT2D eigenvalue weighted by Gasteiger charge is -2.15. The van der Waals surface area contributed by atoms with E-state index in [-0.39, 0.29) is 16.0 Å². The molecule has 23 heavy (non-hydrogen) atoms. The van der Waals surface area contributed by atoms with E-state index in [1.807, 2.05) is 0 Å². The molecule has 0 saturated carbocycles. The number of nitrogens with one attached hydrogen (secondary N) is 1. The zero-order valence-electron chi connectivity index (χ0n) is 12.5. The van der Waals surface area contributed by atoms with Crippen LogP contribution < -0.4 is 5.32 Å². The van der Waals surface area contributed by atoms with Crippen molar-refractivity contribution in [1.82, 2.24) is 5.32 Å². The van der Waals surface area contributed by atoms with Crippen molar-refractivity contribution in [3.8, 4) is 0 Å². The first-order valence-electron chi connectivity index (χ1n) is 6.74. The van der Waals surface area contributed by atoms with E-state index >= 15 is 0 Å². The van der Waals surface area contributed by atoms with Gasteiger partial charge in [0.15, 0.2) is 9.84 Å². The summed E-state index contributed by atoms with van der Waals surface area (Å²) in [6.07, 6.45) is 1.04. The number of sulfone groups is 1. The second kappa shape index (κ2) is 6.45. The molecular formula is C16H15F2NO3S. The van der Waals surface area contributed by atoms with Gasteiger partial charge in [0.05, 0.1) is 10.9 Å². The monoisotopic (exact) mass is 339 g/mol. The lowest BCUT2D eigenvalue weighted by atomic mass is 10.1. The van der Waals surface area contributed by atoms with E-state index in [9.17, 15) is 22.0 Å². The molecule has 0 saturated heterocycles. The molecule has 4 nitrogen and oxygen atoms in total. The third-order valence-corrected chi connectivity index (χ3v) is 4.41. The van der Waals surface area contributed by atoms with Crippen LogP contribution in [0, 0.1) is 11.6 Å². The van der Waals surface area contributed by atoms with Gasteiger partial charge in [-0.15, -0.1) is 0 Å². The Morgan fingerprint density at radius 3 is 2.43 bits per heavy atom. The molecule has 1 atom stereocenters. The highest BCUT2D eigenvalue weighted by Gasteiger charge is 2.17. The first-order chi connectivity index (χ1) is 10.7. The summed E-state index contributed by atoms with van der Waals surface area (Å²) >= 11 is 0. The molecule has 0 aliphatic carbocycles. The summed E-state index contributed by atoms with van der Waals surface area (Å²) in [6, 6.07) is 7.93. The second-order valence-electron chi connectivity index (χ2n) is 5.16. The number of carbonyl (C=O) groups excluding carboxylic acids is 1. The molecule has 1 amide bonds. The van der Waals surface area contributed by atoms with Gasteiger partial charge < -0.3 is 5.32 Å². The molecule has 0 heterocycles. The summed E-state index contributed by atoms with van der Waals surface area (Å²) in [4.78, 5) is 12.2. The third kappa shape index (κ3) is 4.13. The summed E-state index contributed by atoms with van der Waals surface area (Å²) in [7, 11) is -3.43. The molecular weight excluding hydrogens is 324 g/mol. The number of rotatable bonds is 4.